The van der Waals surface area contributed by atoms with Crippen LogP contribution in [0.1, 0.15) is 13.3 Å². The maximum atomic E-state index is 10.8. The third-order valence-electron chi connectivity index (χ3n) is 1.05. The molecule has 3 N–H and O–H groups in total. The number of nitrogens with one attached hydrogen (secondary N) is 1. The van der Waals surface area contributed by atoms with Crippen LogP contribution in [0, 0.1) is 0 Å². The van der Waals surface area contributed by atoms with Crippen molar-refractivity contribution in [1.29, 1.82) is 0 Å². The normalized spacial score (nSPS) is 8.40. The Morgan fingerprint density at radius 2 is 1.80 bits per heavy atom. The molecule has 15 heavy (non-hydrogen) atoms. The molecular weight excluding hydrogens is 214 g/mol. The molecule has 0 fully saturated rings. The molecule has 5 heteroatoms. The molecule has 0 aliphatic carbocycles. The lowest BCUT2D eigenvalue weighted by Gasteiger charge is -2.01. The Morgan fingerprint density at radius 3 is 2.07 bits per heavy atom. The Balaban J connectivity index is -0.000000249. The van der Waals surface area contributed by atoms with Crippen molar-refractivity contribution in [3.63, 3.8) is 0 Å². The van der Waals surface area contributed by atoms with Gasteiger partial charge in [-0.1, -0.05) is 6.58 Å². The molecule has 0 aliphatic rings. The van der Waals surface area contributed by atoms with Crippen molar-refractivity contribution in [2.24, 2.45) is 5.73 Å². The number of hydrogen-bond acceptors (Lipinski definition) is 3. The molecule has 0 saturated carbocycles. The van der Waals surface area contributed by atoms with Crippen molar-refractivity contribution in [2.45, 2.75) is 13.3 Å². The number of rotatable bonds is 4. The topological polar surface area (TPSA) is 58.4 Å². The zero-order chi connectivity index (χ0) is 11.6. The van der Waals surface area contributed by atoms with Crippen molar-refractivity contribution >= 4 is 18.3 Å². The zero-order valence-corrected chi connectivity index (χ0v) is 11.0. The molecule has 0 radical (unpaired) electrons. The summed E-state index contributed by atoms with van der Waals surface area (Å²) >= 11 is 0. The summed E-state index contributed by atoms with van der Waals surface area (Å²) in [6.45, 7) is 6.42. The summed E-state index contributed by atoms with van der Waals surface area (Å²) < 4.78 is 0. The molecule has 0 aromatic rings. The van der Waals surface area contributed by atoms with Crippen LogP contribution in [0.5, 0.6) is 0 Å². The molecule has 4 nitrogen and oxygen atoms in total. The standard InChI is InChI=1S/C7H14N2O.C3H9N.ClH/c1-6(2)7(10)9-5-3-4-8;1-4(2)3;/h1,3-5,8H2,2H3,(H,9,10);1-3H3;1H. The highest BCUT2D eigenvalue weighted by atomic mass is 35.5. The van der Waals surface area contributed by atoms with Gasteiger partial charge in [-0.2, -0.15) is 0 Å². The van der Waals surface area contributed by atoms with Gasteiger partial charge in [-0.05, 0) is 41.0 Å². The first-order valence-corrected chi connectivity index (χ1v) is 4.66. The molecule has 0 spiro atoms. The van der Waals surface area contributed by atoms with Crippen molar-refractivity contribution in [3.8, 4) is 0 Å². The average Bonchev–Trinajstić information content (AvgIpc) is 2.03. The van der Waals surface area contributed by atoms with Crippen LogP contribution in [0.4, 0.5) is 0 Å². The number of nitrogens with zero attached hydrogens (tertiary/aromatic N) is 1. The van der Waals surface area contributed by atoms with Crippen LogP contribution >= 0.6 is 12.4 Å². The van der Waals surface area contributed by atoms with E-state index in [1.54, 1.807) is 6.92 Å². The largest absolute Gasteiger partial charge is 0.352 e. The minimum Gasteiger partial charge on any atom is -0.352 e. The Bertz CT molecular complexity index is 169. The summed E-state index contributed by atoms with van der Waals surface area (Å²) in [7, 11) is 6.00. The summed E-state index contributed by atoms with van der Waals surface area (Å²) in [5.41, 5.74) is 5.76. The van der Waals surface area contributed by atoms with Gasteiger partial charge < -0.3 is 16.0 Å². The summed E-state index contributed by atoms with van der Waals surface area (Å²) in [5, 5.41) is 2.66. The van der Waals surface area contributed by atoms with E-state index >= 15 is 0 Å². The fourth-order valence-corrected chi connectivity index (χ4v) is 0.455. The van der Waals surface area contributed by atoms with Gasteiger partial charge in [0.2, 0.25) is 5.91 Å². The molecule has 0 heterocycles. The van der Waals surface area contributed by atoms with E-state index in [9.17, 15) is 4.79 Å². The van der Waals surface area contributed by atoms with Gasteiger partial charge in [-0.15, -0.1) is 12.4 Å². The van der Waals surface area contributed by atoms with E-state index in [0.717, 1.165) is 6.42 Å². The Morgan fingerprint density at radius 1 is 1.40 bits per heavy atom. The predicted molar refractivity (Wildman–Crippen MR) is 68.4 cm³/mol. The predicted octanol–water partition coefficient (Wildman–Crippen LogP) is 0.627. The molecule has 0 saturated heterocycles. The minimum atomic E-state index is -0.0894. The Labute approximate surface area is 99.3 Å². The highest BCUT2D eigenvalue weighted by Gasteiger charge is 1.97. The number of amides is 1. The quantitative estimate of drug-likeness (QED) is 0.557. The maximum absolute atomic E-state index is 10.8. The first kappa shape index (κ1) is 19.9. The third kappa shape index (κ3) is 24.7. The minimum absolute atomic E-state index is 0. The summed E-state index contributed by atoms with van der Waals surface area (Å²) in [6.07, 6.45) is 0.818. The van der Waals surface area contributed by atoms with Crippen LogP contribution < -0.4 is 11.1 Å². The molecule has 0 bridgehead atoms. The lowest BCUT2D eigenvalue weighted by atomic mass is 10.3. The number of carbonyl (C=O) groups is 1. The molecule has 0 rings (SSSR count). The molecule has 92 valence electrons. The number of hydrogen-bond donors (Lipinski definition) is 2. The fourth-order valence-electron chi connectivity index (χ4n) is 0.455. The van der Waals surface area contributed by atoms with Crippen molar-refractivity contribution < 1.29 is 4.79 Å². The van der Waals surface area contributed by atoms with Gasteiger partial charge in [0.05, 0.1) is 0 Å². The summed E-state index contributed by atoms with van der Waals surface area (Å²) in [5.74, 6) is -0.0894. The molecule has 0 unspecified atom stereocenters. The first-order chi connectivity index (χ1) is 6.41. The summed E-state index contributed by atoms with van der Waals surface area (Å²) in [6, 6.07) is 0. The van der Waals surface area contributed by atoms with Gasteiger partial charge in [-0.25, -0.2) is 0 Å². The molecule has 0 atom stereocenters. The summed E-state index contributed by atoms with van der Waals surface area (Å²) in [4.78, 5) is 12.8. The van der Waals surface area contributed by atoms with Gasteiger partial charge >= 0.3 is 0 Å². The van der Waals surface area contributed by atoms with Crippen LogP contribution in [-0.2, 0) is 4.79 Å². The van der Waals surface area contributed by atoms with E-state index in [4.69, 9.17) is 5.73 Å². The van der Waals surface area contributed by atoms with E-state index in [2.05, 4.69) is 11.9 Å². The lowest BCUT2D eigenvalue weighted by Crippen LogP contribution is -2.26. The zero-order valence-electron chi connectivity index (χ0n) is 10.2. The van der Waals surface area contributed by atoms with Crippen LogP contribution in [-0.4, -0.2) is 45.0 Å². The SMILES string of the molecule is C=C(C)C(=O)NCCCN.CN(C)C.Cl. The van der Waals surface area contributed by atoms with Crippen molar-refractivity contribution in [3.05, 3.63) is 12.2 Å². The monoisotopic (exact) mass is 237 g/mol. The number of carbonyl (C=O) groups excluding carboxylic acids is 1. The second-order valence-electron chi connectivity index (χ2n) is 3.52. The van der Waals surface area contributed by atoms with Crippen molar-refractivity contribution in [2.75, 3.05) is 34.2 Å². The Kier molecular flexibility index (Phi) is 17.8. The second-order valence-corrected chi connectivity index (χ2v) is 3.52. The van der Waals surface area contributed by atoms with E-state index in [1.807, 2.05) is 26.0 Å². The van der Waals surface area contributed by atoms with Crippen LogP contribution in [0.3, 0.4) is 0 Å². The highest BCUT2D eigenvalue weighted by molar-refractivity contribution is 5.91. The fraction of sp³-hybridized carbons (Fsp3) is 0.700. The van der Waals surface area contributed by atoms with E-state index < -0.39 is 0 Å². The van der Waals surface area contributed by atoms with E-state index in [1.165, 1.54) is 0 Å². The third-order valence-corrected chi connectivity index (χ3v) is 1.05. The van der Waals surface area contributed by atoms with Gasteiger partial charge in [0, 0.05) is 12.1 Å². The van der Waals surface area contributed by atoms with Gasteiger partial charge in [0.25, 0.3) is 0 Å². The first-order valence-electron chi connectivity index (χ1n) is 4.66. The second kappa shape index (κ2) is 13.4. The molecule has 1 amide bonds. The molecule has 0 aromatic heterocycles. The average molecular weight is 238 g/mol. The van der Waals surface area contributed by atoms with Crippen molar-refractivity contribution in [1.82, 2.24) is 10.2 Å². The molecule has 0 aliphatic heterocycles. The van der Waals surface area contributed by atoms with E-state index in [-0.39, 0.29) is 18.3 Å². The van der Waals surface area contributed by atoms with E-state index in [0.29, 0.717) is 18.7 Å². The lowest BCUT2D eigenvalue weighted by molar-refractivity contribution is -0.117. The highest BCUT2D eigenvalue weighted by Crippen LogP contribution is 1.84. The van der Waals surface area contributed by atoms with Gasteiger partial charge in [-0.3, -0.25) is 4.79 Å². The molecular formula is C10H24ClN3O. The van der Waals surface area contributed by atoms with Gasteiger partial charge in [0.15, 0.2) is 0 Å². The molecule has 0 aromatic carbocycles. The van der Waals surface area contributed by atoms with Crippen LogP contribution in [0.15, 0.2) is 12.2 Å². The van der Waals surface area contributed by atoms with Crippen LogP contribution in [0.25, 0.3) is 0 Å². The number of nitrogens with two attached hydrogens (primary N) is 1. The maximum Gasteiger partial charge on any atom is 0.246 e. The smallest absolute Gasteiger partial charge is 0.246 e. The Hall–Kier alpha value is -0.580. The number of halogens is 1. The van der Waals surface area contributed by atoms with Crippen LogP contribution in [0.2, 0.25) is 0 Å². The van der Waals surface area contributed by atoms with Gasteiger partial charge in [0.1, 0.15) is 0 Å².